The van der Waals surface area contributed by atoms with Crippen LogP contribution in [0.15, 0.2) is 48.5 Å². The van der Waals surface area contributed by atoms with Gasteiger partial charge >= 0.3 is 0 Å². The third-order valence-electron chi connectivity index (χ3n) is 4.39. The van der Waals surface area contributed by atoms with E-state index in [0.717, 1.165) is 16.1 Å². The molecule has 0 aliphatic carbocycles. The van der Waals surface area contributed by atoms with Gasteiger partial charge in [-0.05, 0) is 38.1 Å². The highest BCUT2D eigenvalue weighted by Crippen LogP contribution is 2.31. The summed E-state index contributed by atoms with van der Waals surface area (Å²) in [4.78, 5) is 26.5. The fourth-order valence-electron chi connectivity index (χ4n) is 3.15. The molecule has 142 valence electrons. The van der Waals surface area contributed by atoms with Gasteiger partial charge in [0.05, 0.1) is 23.3 Å². The molecule has 0 saturated carbocycles. The summed E-state index contributed by atoms with van der Waals surface area (Å²) in [6.45, 7) is 3.26. The second-order valence-electron chi connectivity index (χ2n) is 6.56. The van der Waals surface area contributed by atoms with Crippen molar-refractivity contribution in [2.75, 3.05) is 27.3 Å². The summed E-state index contributed by atoms with van der Waals surface area (Å²) in [7, 11) is -3.72. The van der Waals surface area contributed by atoms with E-state index in [1.807, 2.05) is 6.92 Å². The third kappa shape index (κ3) is 3.80. The van der Waals surface area contributed by atoms with Crippen molar-refractivity contribution in [3.63, 3.8) is 0 Å². The molecule has 0 fully saturated rings. The van der Waals surface area contributed by atoms with Gasteiger partial charge in [0.2, 0.25) is 15.9 Å². The van der Waals surface area contributed by atoms with Crippen molar-refractivity contribution in [2.45, 2.75) is 19.9 Å². The third-order valence-corrected chi connectivity index (χ3v) is 5.63. The van der Waals surface area contributed by atoms with Crippen molar-refractivity contribution in [3.05, 3.63) is 54.1 Å². The Kier molecular flexibility index (Phi) is 4.93. The maximum Gasteiger partial charge on any atom is 0.251 e. The van der Waals surface area contributed by atoms with Crippen LogP contribution in [-0.4, -0.2) is 39.1 Å². The number of aryl methyl sites for hydroxylation is 1. The van der Waals surface area contributed by atoms with E-state index in [0.29, 0.717) is 17.1 Å². The summed E-state index contributed by atoms with van der Waals surface area (Å²) in [5.74, 6) is -0.793. The van der Waals surface area contributed by atoms with Gasteiger partial charge in [-0.3, -0.25) is 18.8 Å². The Morgan fingerprint density at radius 1 is 1.15 bits per heavy atom. The van der Waals surface area contributed by atoms with Gasteiger partial charge in [0.25, 0.3) is 5.91 Å². The van der Waals surface area contributed by atoms with Crippen molar-refractivity contribution in [2.24, 2.45) is 0 Å². The molecule has 0 unspecified atom stereocenters. The standard InChI is InChI=1S/C19H21N3O4S/c1-13-8-10-15(11-9-13)22(27(3,25)26)14(2)19(24)21-12-18(23)20-16-6-4-5-7-17(16)21/h4-11,14H,12H2,1-3H3,(H,20,23)/t14-/m1/s1. The van der Waals surface area contributed by atoms with E-state index in [-0.39, 0.29) is 12.5 Å². The number of nitrogens with one attached hydrogen (secondary N) is 1. The summed E-state index contributed by atoms with van der Waals surface area (Å²) in [5.41, 5.74) is 2.45. The number of hydrogen-bond donors (Lipinski definition) is 1. The van der Waals surface area contributed by atoms with E-state index in [2.05, 4.69) is 5.32 Å². The first-order valence-corrected chi connectivity index (χ1v) is 10.3. The van der Waals surface area contributed by atoms with Gasteiger partial charge in [0, 0.05) is 0 Å². The number of hydrogen-bond acceptors (Lipinski definition) is 4. The average molecular weight is 387 g/mol. The summed E-state index contributed by atoms with van der Waals surface area (Å²) >= 11 is 0. The molecule has 2 aromatic carbocycles. The van der Waals surface area contributed by atoms with E-state index < -0.39 is 22.0 Å². The lowest BCUT2D eigenvalue weighted by Crippen LogP contribution is -2.52. The van der Waals surface area contributed by atoms with E-state index in [4.69, 9.17) is 0 Å². The lowest BCUT2D eigenvalue weighted by molar-refractivity contribution is -0.122. The van der Waals surface area contributed by atoms with Crippen LogP contribution in [0.3, 0.4) is 0 Å². The van der Waals surface area contributed by atoms with E-state index in [9.17, 15) is 18.0 Å². The normalized spacial score (nSPS) is 14.9. The Bertz CT molecular complexity index is 986. The number of benzene rings is 2. The highest BCUT2D eigenvalue weighted by atomic mass is 32.2. The second kappa shape index (κ2) is 7.03. The zero-order chi connectivity index (χ0) is 19.8. The predicted molar refractivity (Wildman–Crippen MR) is 105 cm³/mol. The maximum atomic E-state index is 13.2. The molecule has 8 heteroatoms. The number of sulfonamides is 1. The number of anilines is 3. The first kappa shape index (κ1) is 18.9. The van der Waals surface area contributed by atoms with Crippen LogP contribution in [0.5, 0.6) is 0 Å². The Balaban J connectivity index is 2.00. The van der Waals surface area contributed by atoms with Crippen molar-refractivity contribution in [1.29, 1.82) is 0 Å². The fourth-order valence-corrected chi connectivity index (χ4v) is 4.32. The molecule has 27 heavy (non-hydrogen) atoms. The average Bonchev–Trinajstić information content (AvgIpc) is 2.61. The first-order valence-electron chi connectivity index (χ1n) is 8.45. The quantitative estimate of drug-likeness (QED) is 0.871. The molecule has 0 bridgehead atoms. The van der Waals surface area contributed by atoms with Gasteiger partial charge in [0.15, 0.2) is 0 Å². The van der Waals surface area contributed by atoms with Gasteiger partial charge in [0.1, 0.15) is 12.6 Å². The van der Waals surface area contributed by atoms with Crippen molar-refractivity contribution >= 4 is 38.9 Å². The summed E-state index contributed by atoms with van der Waals surface area (Å²) in [6, 6.07) is 12.8. The Morgan fingerprint density at radius 2 is 1.78 bits per heavy atom. The summed E-state index contributed by atoms with van der Waals surface area (Å²) in [6.07, 6.45) is 1.06. The van der Waals surface area contributed by atoms with E-state index in [1.54, 1.807) is 48.5 Å². The largest absolute Gasteiger partial charge is 0.323 e. The van der Waals surface area contributed by atoms with E-state index in [1.165, 1.54) is 11.8 Å². The molecule has 1 atom stereocenters. The van der Waals surface area contributed by atoms with Crippen LogP contribution >= 0.6 is 0 Å². The van der Waals surface area contributed by atoms with Gasteiger partial charge < -0.3 is 5.32 Å². The highest BCUT2D eigenvalue weighted by molar-refractivity contribution is 7.92. The zero-order valence-corrected chi connectivity index (χ0v) is 16.2. The lowest BCUT2D eigenvalue weighted by Gasteiger charge is -2.35. The number of carbonyl (C=O) groups excluding carboxylic acids is 2. The number of nitrogens with zero attached hydrogens (tertiary/aromatic N) is 2. The first-order chi connectivity index (χ1) is 12.7. The monoisotopic (exact) mass is 387 g/mol. The molecule has 0 saturated heterocycles. The topological polar surface area (TPSA) is 86.8 Å². The van der Waals surface area contributed by atoms with Gasteiger partial charge in [-0.1, -0.05) is 29.8 Å². The number of fused-ring (bicyclic) bond motifs is 1. The fraction of sp³-hybridized carbons (Fsp3) is 0.263. The molecule has 0 spiro atoms. The van der Waals surface area contributed by atoms with Crippen LogP contribution in [0, 0.1) is 6.92 Å². The molecule has 7 nitrogen and oxygen atoms in total. The van der Waals surface area contributed by atoms with Crippen LogP contribution in [0.2, 0.25) is 0 Å². The number of para-hydroxylation sites is 2. The molecule has 3 rings (SSSR count). The minimum atomic E-state index is -3.72. The van der Waals surface area contributed by atoms with Gasteiger partial charge in [-0.25, -0.2) is 8.42 Å². The molecule has 2 amide bonds. The lowest BCUT2D eigenvalue weighted by atomic mass is 10.1. The van der Waals surface area contributed by atoms with Crippen LogP contribution in [0.1, 0.15) is 12.5 Å². The summed E-state index contributed by atoms with van der Waals surface area (Å²) < 4.78 is 25.9. The van der Waals surface area contributed by atoms with Gasteiger partial charge in [-0.15, -0.1) is 0 Å². The maximum absolute atomic E-state index is 13.2. The molecule has 1 aliphatic rings. The molecular formula is C19H21N3O4S. The van der Waals surface area contributed by atoms with E-state index >= 15 is 0 Å². The van der Waals surface area contributed by atoms with Crippen LogP contribution < -0.4 is 14.5 Å². The van der Waals surface area contributed by atoms with Crippen LogP contribution in [0.4, 0.5) is 17.1 Å². The zero-order valence-electron chi connectivity index (χ0n) is 15.3. The highest BCUT2D eigenvalue weighted by Gasteiger charge is 2.35. The number of amides is 2. The number of carbonyl (C=O) groups is 2. The van der Waals surface area contributed by atoms with Gasteiger partial charge in [-0.2, -0.15) is 0 Å². The van der Waals surface area contributed by atoms with Crippen LogP contribution in [-0.2, 0) is 19.6 Å². The molecule has 1 heterocycles. The SMILES string of the molecule is Cc1ccc(N([C@H](C)C(=O)N2CC(=O)Nc3ccccc32)S(C)(=O)=O)cc1. The molecule has 1 aliphatic heterocycles. The molecule has 0 aromatic heterocycles. The second-order valence-corrected chi connectivity index (χ2v) is 8.42. The minimum absolute atomic E-state index is 0.161. The van der Waals surface area contributed by atoms with Crippen LogP contribution in [0.25, 0.3) is 0 Å². The molecule has 1 N–H and O–H groups in total. The molecule has 2 aromatic rings. The smallest absolute Gasteiger partial charge is 0.251 e. The summed E-state index contributed by atoms with van der Waals surface area (Å²) in [5, 5.41) is 2.72. The number of rotatable bonds is 4. The Hall–Kier alpha value is -2.87. The Labute approximate surface area is 158 Å². The van der Waals surface area contributed by atoms with Crippen molar-refractivity contribution in [3.8, 4) is 0 Å². The molecule has 0 radical (unpaired) electrons. The predicted octanol–water partition coefficient (Wildman–Crippen LogP) is 2.13. The Morgan fingerprint density at radius 3 is 2.41 bits per heavy atom. The minimum Gasteiger partial charge on any atom is -0.323 e. The van der Waals surface area contributed by atoms with Crippen molar-refractivity contribution in [1.82, 2.24) is 0 Å². The van der Waals surface area contributed by atoms with Crippen molar-refractivity contribution < 1.29 is 18.0 Å². The molecular weight excluding hydrogens is 366 g/mol.